The van der Waals surface area contributed by atoms with E-state index in [1.165, 1.54) is 12.1 Å². The lowest BCUT2D eigenvalue weighted by atomic mass is 9.91. The Morgan fingerprint density at radius 2 is 2.43 bits per heavy atom. The zero-order chi connectivity index (χ0) is 9.97. The average Bonchev–Trinajstić information content (AvgIpc) is 2.59. The SMILES string of the molecule is CCCc1nc2c(o1)CC(CN)CC2. The van der Waals surface area contributed by atoms with Gasteiger partial charge in [0.1, 0.15) is 5.76 Å². The van der Waals surface area contributed by atoms with Gasteiger partial charge in [0.15, 0.2) is 5.89 Å². The van der Waals surface area contributed by atoms with Crippen molar-refractivity contribution in [1.29, 1.82) is 0 Å². The van der Waals surface area contributed by atoms with Crippen LogP contribution in [0.3, 0.4) is 0 Å². The Bertz CT molecular complexity index is 306. The zero-order valence-electron chi connectivity index (χ0n) is 8.75. The quantitative estimate of drug-likeness (QED) is 0.796. The van der Waals surface area contributed by atoms with Crippen molar-refractivity contribution in [3.63, 3.8) is 0 Å². The van der Waals surface area contributed by atoms with Crippen molar-refractivity contribution in [3.8, 4) is 0 Å². The third-order valence-electron chi connectivity index (χ3n) is 2.88. The number of aryl methyl sites for hydroxylation is 2. The van der Waals surface area contributed by atoms with Gasteiger partial charge >= 0.3 is 0 Å². The first kappa shape index (κ1) is 9.71. The minimum atomic E-state index is 0.602. The lowest BCUT2D eigenvalue weighted by Gasteiger charge is -2.17. The summed E-state index contributed by atoms with van der Waals surface area (Å²) in [6.45, 7) is 2.91. The number of hydrogen-bond acceptors (Lipinski definition) is 3. The largest absolute Gasteiger partial charge is 0.445 e. The summed E-state index contributed by atoms with van der Waals surface area (Å²) in [5.74, 6) is 2.61. The van der Waals surface area contributed by atoms with Gasteiger partial charge in [-0.2, -0.15) is 0 Å². The Kier molecular flexibility index (Phi) is 2.87. The monoisotopic (exact) mass is 194 g/mol. The molecule has 1 aromatic rings. The van der Waals surface area contributed by atoms with Crippen LogP contribution in [0.1, 0.15) is 37.1 Å². The topological polar surface area (TPSA) is 52.0 Å². The molecule has 14 heavy (non-hydrogen) atoms. The van der Waals surface area contributed by atoms with E-state index in [4.69, 9.17) is 10.2 Å². The molecule has 1 aliphatic carbocycles. The maximum atomic E-state index is 5.71. The summed E-state index contributed by atoms with van der Waals surface area (Å²) in [5, 5.41) is 0. The summed E-state index contributed by atoms with van der Waals surface area (Å²) in [4.78, 5) is 4.50. The van der Waals surface area contributed by atoms with Crippen LogP contribution in [0.4, 0.5) is 0 Å². The van der Waals surface area contributed by atoms with E-state index in [1.54, 1.807) is 0 Å². The molecule has 2 rings (SSSR count). The Morgan fingerprint density at radius 3 is 3.14 bits per heavy atom. The van der Waals surface area contributed by atoms with Gasteiger partial charge < -0.3 is 10.2 Å². The zero-order valence-corrected chi connectivity index (χ0v) is 8.75. The van der Waals surface area contributed by atoms with E-state index in [2.05, 4.69) is 11.9 Å². The fourth-order valence-electron chi connectivity index (χ4n) is 2.02. The van der Waals surface area contributed by atoms with Crippen molar-refractivity contribution < 1.29 is 4.42 Å². The fourth-order valence-corrected chi connectivity index (χ4v) is 2.02. The van der Waals surface area contributed by atoms with Crippen LogP contribution < -0.4 is 5.73 Å². The molecular weight excluding hydrogens is 176 g/mol. The normalized spacial score (nSPS) is 20.9. The first-order chi connectivity index (χ1) is 6.83. The highest BCUT2D eigenvalue weighted by atomic mass is 16.4. The van der Waals surface area contributed by atoms with Crippen LogP contribution in [-0.4, -0.2) is 11.5 Å². The van der Waals surface area contributed by atoms with Crippen molar-refractivity contribution in [1.82, 2.24) is 4.98 Å². The molecule has 0 amide bonds. The first-order valence-corrected chi connectivity index (χ1v) is 5.51. The number of hydrogen-bond donors (Lipinski definition) is 1. The van der Waals surface area contributed by atoms with E-state index in [0.717, 1.165) is 43.9 Å². The molecule has 2 N–H and O–H groups in total. The van der Waals surface area contributed by atoms with E-state index in [1.807, 2.05) is 0 Å². The summed E-state index contributed by atoms with van der Waals surface area (Å²) in [6.07, 6.45) is 5.26. The molecule has 0 spiro atoms. The standard InChI is InChI=1S/C11H18N2O/c1-2-3-11-13-9-5-4-8(7-12)6-10(9)14-11/h8H,2-7,12H2,1H3. The molecule has 0 radical (unpaired) electrons. The summed E-state index contributed by atoms with van der Waals surface area (Å²) >= 11 is 0. The smallest absolute Gasteiger partial charge is 0.194 e. The van der Waals surface area contributed by atoms with Crippen LogP contribution in [0.15, 0.2) is 4.42 Å². The minimum Gasteiger partial charge on any atom is -0.445 e. The van der Waals surface area contributed by atoms with E-state index < -0.39 is 0 Å². The van der Waals surface area contributed by atoms with Crippen LogP contribution in [0.2, 0.25) is 0 Å². The van der Waals surface area contributed by atoms with Gasteiger partial charge in [0.05, 0.1) is 5.69 Å². The van der Waals surface area contributed by atoms with Crippen molar-refractivity contribution in [2.75, 3.05) is 6.54 Å². The van der Waals surface area contributed by atoms with Crippen LogP contribution in [0.5, 0.6) is 0 Å². The van der Waals surface area contributed by atoms with Gasteiger partial charge in [-0.3, -0.25) is 0 Å². The molecule has 0 aromatic carbocycles. The lowest BCUT2D eigenvalue weighted by Crippen LogP contribution is -2.21. The lowest BCUT2D eigenvalue weighted by molar-refractivity contribution is 0.382. The van der Waals surface area contributed by atoms with Gasteiger partial charge in [-0.25, -0.2) is 4.98 Å². The number of nitrogens with zero attached hydrogens (tertiary/aromatic N) is 1. The maximum absolute atomic E-state index is 5.71. The van der Waals surface area contributed by atoms with Gasteiger partial charge in [-0.05, 0) is 31.7 Å². The number of fused-ring (bicyclic) bond motifs is 1. The Balaban J connectivity index is 2.12. The van der Waals surface area contributed by atoms with Gasteiger partial charge in [-0.15, -0.1) is 0 Å². The summed E-state index contributed by atoms with van der Waals surface area (Å²) in [6, 6.07) is 0. The molecule has 1 heterocycles. The minimum absolute atomic E-state index is 0.602. The molecule has 78 valence electrons. The molecule has 1 atom stereocenters. The van der Waals surface area contributed by atoms with E-state index in [-0.39, 0.29) is 0 Å². The molecule has 0 bridgehead atoms. The molecule has 3 nitrogen and oxygen atoms in total. The second-order valence-electron chi connectivity index (χ2n) is 4.07. The Morgan fingerprint density at radius 1 is 1.57 bits per heavy atom. The maximum Gasteiger partial charge on any atom is 0.194 e. The number of aromatic nitrogens is 1. The third kappa shape index (κ3) is 1.82. The predicted octanol–water partition coefficient (Wildman–Crippen LogP) is 1.69. The molecular formula is C11H18N2O. The van der Waals surface area contributed by atoms with Crippen molar-refractivity contribution in [2.24, 2.45) is 11.7 Å². The molecule has 0 saturated heterocycles. The van der Waals surface area contributed by atoms with Crippen LogP contribution >= 0.6 is 0 Å². The second-order valence-corrected chi connectivity index (χ2v) is 4.07. The number of oxazole rings is 1. The highest BCUT2D eigenvalue weighted by Gasteiger charge is 2.22. The van der Waals surface area contributed by atoms with Gasteiger partial charge in [0.25, 0.3) is 0 Å². The molecule has 3 heteroatoms. The van der Waals surface area contributed by atoms with E-state index >= 15 is 0 Å². The molecule has 1 unspecified atom stereocenters. The second kappa shape index (κ2) is 4.13. The van der Waals surface area contributed by atoms with Crippen molar-refractivity contribution in [3.05, 3.63) is 17.3 Å². The molecule has 0 fully saturated rings. The summed E-state index contributed by atoms with van der Waals surface area (Å²) in [5.41, 5.74) is 6.84. The summed E-state index contributed by atoms with van der Waals surface area (Å²) < 4.78 is 5.71. The van der Waals surface area contributed by atoms with Crippen LogP contribution in [0.25, 0.3) is 0 Å². The van der Waals surface area contributed by atoms with E-state index in [9.17, 15) is 0 Å². The van der Waals surface area contributed by atoms with Crippen LogP contribution in [0, 0.1) is 5.92 Å². The van der Waals surface area contributed by atoms with Crippen molar-refractivity contribution in [2.45, 2.75) is 39.0 Å². The van der Waals surface area contributed by atoms with Gasteiger partial charge in [0.2, 0.25) is 0 Å². The Labute approximate surface area is 84.7 Å². The highest BCUT2D eigenvalue weighted by molar-refractivity contribution is 5.14. The van der Waals surface area contributed by atoms with E-state index in [0.29, 0.717) is 5.92 Å². The number of nitrogens with two attached hydrogens (primary N) is 1. The summed E-state index contributed by atoms with van der Waals surface area (Å²) in [7, 11) is 0. The Hall–Kier alpha value is -0.830. The molecule has 0 aliphatic heterocycles. The average molecular weight is 194 g/mol. The van der Waals surface area contributed by atoms with Crippen molar-refractivity contribution >= 4 is 0 Å². The van der Waals surface area contributed by atoms with Gasteiger partial charge in [0, 0.05) is 12.8 Å². The highest BCUT2D eigenvalue weighted by Crippen LogP contribution is 2.25. The fraction of sp³-hybridized carbons (Fsp3) is 0.727. The van der Waals surface area contributed by atoms with Gasteiger partial charge in [-0.1, -0.05) is 6.92 Å². The first-order valence-electron chi connectivity index (χ1n) is 5.51. The third-order valence-corrected chi connectivity index (χ3v) is 2.88. The molecule has 1 aliphatic rings. The molecule has 1 aromatic heterocycles. The number of rotatable bonds is 3. The molecule has 0 saturated carbocycles. The van der Waals surface area contributed by atoms with Crippen LogP contribution in [-0.2, 0) is 19.3 Å². The predicted molar refractivity (Wildman–Crippen MR) is 55.1 cm³/mol.